The summed E-state index contributed by atoms with van der Waals surface area (Å²) in [6, 6.07) is 14.1. The molecule has 6 nitrogen and oxygen atoms in total. The standard InChI is InChI=1S/C22H25NO5/c1-26-17-12-9-13-18(27-2)19(17)22(25)28-20(16-10-5-3-6-11-16)21(24)23-14-7-4-8-15-23/h3,5-6,9-13,20H,4,7-8,14-15H2,1-2H3/t20-/m1/s1. The third-order valence-corrected chi connectivity index (χ3v) is 4.85. The molecule has 0 aromatic heterocycles. The normalized spacial score (nSPS) is 14.9. The van der Waals surface area contributed by atoms with E-state index in [-0.39, 0.29) is 11.5 Å². The Morgan fingerprint density at radius 2 is 1.46 bits per heavy atom. The first-order valence-corrected chi connectivity index (χ1v) is 9.41. The highest BCUT2D eigenvalue weighted by Crippen LogP contribution is 2.31. The average molecular weight is 383 g/mol. The van der Waals surface area contributed by atoms with E-state index >= 15 is 0 Å². The Morgan fingerprint density at radius 1 is 0.857 bits per heavy atom. The molecule has 1 heterocycles. The van der Waals surface area contributed by atoms with Gasteiger partial charge in [-0.25, -0.2) is 4.79 Å². The van der Waals surface area contributed by atoms with Crippen molar-refractivity contribution in [1.29, 1.82) is 0 Å². The molecule has 6 heteroatoms. The second kappa shape index (κ2) is 9.26. The Bertz CT molecular complexity index is 793. The van der Waals surface area contributed by atoms with Gasteiger partial charge in [0.1, 0.15) is 17.1 Å². The monoisotopic (exact) mass is 383 g/mol. The maximum atomic E-state index is 13.2. The number of hydrogen-bond acceptors (Lipinski definition) is 5. The molecule has 1 aliphatic heterocycles. The zero-order chi connectivity index (χ0) is 19.9. The van der Waals surface area contributed by atoms with Crippen molar-refractivity contribution in [2.45, 2.75) is 25.4 Å². The number of benzene rings is 2. The molecular formula is C22H25NO5. The van der Waals surface area contributed by atoms with E-state index in [1.54, 1.807) is 35.2 Å². The summed E-state index contributed by atoms with van der Waals surface area (Å²) < 4.78 is 16.3. The highest BCUT2D eigenvalue weighted by Gasteiger charge is 2.32. The number of carbonyl (C=O) groups is 2. The molecule has 1 atom stereocenters. The highest BCUT2D eigenvalue weighted by atomic mass is 16.6. The Morgan fingerprint density at radius 3 is 2.04 bits per heavy atom. The van der Waals surface area contributed by atoms with Crippen molar-refractivity contribution in [3.8, 4) is 11.5 Å². The summed E-state index contributed by atoms with van der Waals surface area (Å²) in [5.41, 5.74) is 0.806. The van der Waals surface area contributed by atoms with E-state index in [4.69, 9.17) is 14.2 Å². The molecule has 0 N–H and O–H groups in total. The predicted octanol–water partition coefficient (Wildman–Crippen LogP) is 3.61. The lowest BCUT2D eigenvalue weighted by atomic mass is 10.1. The first-order chi connectivity index (χ1) is 13.7. The lowest BCUT2D eigenvalue weighted by Gasteiger charge is -2.30. The van der Waals surface area contributed by atoms with Crippen molar-refractivity contribution in [2.24, 2.45) is 0 Å². The summed E-state index contributed by atoms with van der Waals surface area (Å²) in [5.74, 6) is -0.190. The Hall–Kier alpha value is -3.02. The second-order valence-electron chi connectivity index (χ2n) is 6.62. The van der Waals surface area contributed by atoms with Gasteiger partial charge < -0.3 is 19.1 Å². The molecule has 1 aliphatic rings. The van der Waals surface area contributed by atoms with Crippen LogP contribution in [0.1, 0.15) is 41.3 Å². The van der Waals surface area contributed by atoms with Crippen LogP contribution in [0.25, 0.3) is 0 Å². The summed E-state index contributed by atoms with van der Waals surface area (Å²) in [4.78, 5) is 28.0. The van der Waals surface area contributed by atoms with Crippen molar-refractivity contribution < 1.29 is 23.8 Å². The molecule has 2 aromatic rings. The maximum absolute atomic E-state index is 13.2. The Balaban J connectivity index is 1.92. The van der Waals surface area contributed by atoms with Gasteiger partial charge in [0.25, 0.3) is 5.91 Å². The molecule has 1 saturated heterocycles. The Labute approximate surface area is 165 Å². The molecule has 0 saturated carbocycles. The SMILES string of the molecule is COc1cccc(OC)c1C(=O)O[C@@H](C(=O)N1CCCCC1)c1ccccc1. The maximum Gasteiger partial charge on any atom is 0.346 e. The number of rotatable bonds is 6. The molecular weight excluding hydrogens is 358 g/mol. The van der Waals surface area contributed by atoms with Crippen LogP contribution < -0.4 is 9.47 Å². The van der Waals surface area contributed by atoms with Gasteiger partial charge in [-0.3, -0.25) is 4.79 Å². The summed E-state index contributed by atoms with van der Waals surface area (Å²) in [6.07, 6.45) is 2.02. The Kier molecular flexibility index (Phi) is 6.53. The quantitative estimate of drug-likeness (QED) is 0.713. The minimum atomic E-state index is -1.01. The number of piperidine rings is 1. The minimum Gasteiger partial charge on any atom is -0.496 e. The van der Waals surface area contributed by atoms with Gasteiger partial charge in [0.05, 0.1) is 14.2 Å². The lowest BCUT2D eigenvalue weighted by molar-refractivity contribution is -0.142. The third-order valence-electron chi connectivity index (χ3n) is 4.85. The van der Waals surface area contributed by atoms with Crippen LogP contribution in [0.2, 0.25) is 0 Å². The van der Waals surface area contributed by atoms with E-state index in [0.717, 1.165) is 19.3 Å². The minimum absolute atomic E-state index is 0.167. The van der Waals surface area contributed by atoms with Crippen LogP contribution in [-0.2, 0) is 9.53 Å². The van der Waals surface area contributed by atoms with E-state index in [1.807, 2.05) is 18.2 Å². The molecule has 28 heavy (non-hydrogen) atoms. The molecule has 0 radical (unpaired) electrons. The smallest absolute Gasteiger partial charge is 0.346 e. The van der Waals surface area contributed by atoms with Gasteiger partial charge in [-0.15, -0.1) is 0 Å². The first-order valence-electron chi connectivity index (χ1n) is 9.41. The second-order valence-corrected chi connectivity index (χ2v) is 6.62. The number of methoxy groups -OCH3 is 2. The van der Waals surface area contributed by atoms with Crippen LogP contribution >= 0.6 is 0 Å². The van der Waals surface area contributed by atoms with Gasteiger partial charge in [0, 0.05) is 18.7 Å². The number of nitrogens with zero attached hydrogens (tertiary/aromatic N) is 1. The van der Waals surface area contributed by atoms with Gasteiger partial charge in [0.15, 0.2) is 0 Å². The fourth-order valence-corrected chi connectivity index (χ4v) is 3.39. The van der Waals surface area contributed by atoms with Gasteiger partial charge in [-0.2, -0.15) is 0 Å². The predicted molar refractivity (Wildman–Crippen MR) is 105 cm³/mol. The van der Waals surface area contributed by atoms with Crippen LogP contribution in [0.5, 0.6) is 11.5 Å². The highest BCUT2D eigenvalue weighted by molar-refractivity contribution is 5.97. The number of esters is 1. The van der Waals surface area contributed by atoms with Crippen molar-refractivity contribution in [3.05, 3.63) is 59.7 Å². The number of hydrogen-bond donors (Lipinski definition) is 0. The van der Waals surface area contributed by atoms with E-state index in [1.165, 1.54) is 14.2 Å². The lowest BCUT2D eigenvalue weighted by Crippen LogP contribution is -2.40. The van der Waals surface area contributed by atoms with Crippen molar-refractivity contribution >= 4 is 11.9 Å². The molecule has 3 rings (SSSR count). The summed E-state index contributed by atoms with van der Waals surface area (Å²) in [5, 5.41) is 0. The molecule has 2 aromatic carbocycles. The van der Waals surface area contributed by atoms with Crippen LogP contribution in [0.3, 0.4) is 0 Å². The topological polar surface area (TPSA) is 65.1 Å². The summed E-state index contributed by atoms with van der Waals surface area (Å²) >= 11 is 0. The van der Waals surface area contributed by atoms with E-state index in [0.29, 0.717) is 30.2 Å². The average Bonchev–Trinajstić information content (AvgIpc) is 2.77. The molecule has 1 amide bonds. The van der Waals surface area contributed by atoms with Crippen LogP contribution in [0.15, 0.2) is 48.5 Å². The fourth-order valence-electron chi connectivity index (χ4n) is 3.39. The van der Waals surface area contributed by atoms with Crippen molar-refractivity contribution in [3.63, 3.8) is 0 Å². The fraction of sp³-hybridized carbons (Fsp3) is 0.364. The number of ether oxygens (including phenoxy) is 3. The number of amides is 1. The van der Waals surface area contributed by atoms with Crippen molar-refractivity contribution in [1.82, 2.24) is 4.90 Å². The van der Waals surface area contributed by atoms with Crippen LogP contribution in [-0.4, -0.2) is 44.1 Å². The molecule has 148 valence electrons. The first kappa shape index (κ1) is 19.7. The van der Waals surface area contributed by atoms with Crippen LogP contribution in [0, 0.1) is 0 Å². The van der Waals surface area contributed by atoms with E-state index < -0.39 is 12.1 Å². The largest absolute Gasteiger partial charge is 0.496 e. The third kappa shape index (κ3) is 4.27. The van der Waals surface area contributed by atoms with Gasteiger partial charge in [0.2, 0.25) is 6.10 Å². The van der Waals surface area contributed by atoms with Gasteiger partial charge >= 0.3 is 5.97 Å². The molecule has 0 unspecified atom stereocenters. The summed E-state index contributed by atoms with van der Waals surface area (Å²) in [7, 11) is 2.94. The van der Waals surface area contributed by atoms with Gasteiger partial charge in [-0.1, -0.05) is 36.4 Å². The van der Waals surface area contributed by atoms with Crippen molar-refractivity contribution in [2.75, 3.05) is 27.3 Å². The zero-order valence-corrected chi connectivity index (χ0v) is 16.2. The molecule has 0 spiro atoms. The van der Waals surface area contributed by atoms with E-state index in [2.05, 4.69) is 0 Å². The zero-order valence-electron chi connectivity index (χ0n) is 16.2. The summed E-state index contributed by atoms with van der Waals surface area (Å²) in [6.45, 7) is 1.36. The number of likely N-dealkylation sites (tertiary alicyclic amines) is 1. The van der Waals surface area contributed by atoms with Gasteiger partial charge in [-0.05, 0) is 31.4 Å². The molecule has 0 aliphatic carbocycles. The van der Waals surface area contributed by atoms with E-state index in [9.17, 15) is 9.59 Å². The van der Waals surface area contributed by atoms with Crippen LogP contribution in [0.4, 0.5) is 0 Å². The molecule has 1 fully saturated rings. The number of carbonyl (C=O) groups excluding carboxylic acids is 2. The molecule has 0 bridgehead atoms.